The van der Waals surface area contributed by atoms with Gasteiger partial charge in [-0.15, -0.1) is 0 Å². The Balaban J connectivity index is 1.23. The third kappa shape index (κ3) is 5.26. The van der Waals surface area contributed by atoms with Gasteiger partial charge in [-0.2, -0.15) is 5.10 Å². The lowest BCUT2D eigenvalue weighted by Crippen LogP contribution is -2.43. The Morgan fingerprint density at radius 3 is 2.67 bits per heavy atom. The number of aliphatic hydroxyl groups excluding tert-OH is 1. The van der Waals surface area contributed by atoms with Gasteiger partial charge < -0.3 is 30.8 Å². The SMILES string of the molecule is Cc1cc(Oc2c(F)cccc2F)ncc1-n1ncc(C(=O)c2cc3cc4c(cc3[nH]2)CN(C(=O)NCCO)CC4)c1N. The first kappa shape index (κ1) is 27.8. The summed E-state index contributed by atoms with van der Waals surface area (Å²) in [7, 11) is 0. The number of urea groups is 1. The number of aromatic amines is 1. The molecular formula is C30H27F2N7O4. The molecule has 1 aliphatic rings. The number of amides is 2. The largest absolute Gasteiger partial charge is 0.433 e. The van der Waals surface area contributed by atoms with Crippen LogP contribution >= 0.6 is 0 Å². The van der Waals surface area contributed by atoms with E-state index in [4.69, 9.17) is 15.6 Å². The lowest BCUT2D eigenvalue weighted by molar-refractivity contribution is 0.103. The number of rotatable bonds is 7. The molecule has 43 heavy (non-hydrogen) atoms. The van der Waals surface area contributed by atoms with Gasteiger partial charge in [0.25, 0.3) is 0 Å². The van der Waals surface area contributed by atoms with E-state index in [9.17, 15) is 18.4 Å². The molecule has 0 unspecified atom stereocenters. The molecule has 3 aromatic heterocycles. The molecule has 0 aliphatic carbocycles. The number of fused-ring (bicyclic) bond motifs is 2. The molecule has 11 nitrogen and oxygen atoms in total. The van der Waals surface area contributed by atoms with E-state index in [1.807, 2.05) is 12.1 Å². The third-order valence-corrected chi connectivity index (χ3v) is 7.34. The van der Waals surface area contributed by atoms with E-state index in [0.717, 1.165) is 34.2 Å². The van der Waals surface area contributed by atoms with Crippen LogP contribution in [0.15, 0.2) is 54.9 Å². The van der Waals surface area contributed by atoms with E-state index in [1.165, 1.54) is 29.2 Å². The van der Waals surface area contributed by atoms with E-state index in [0.29, 0.717) is 36.5 Å². The molecule has 13 heteroatoms. The van der Waals surface area contributed by atoms with E-state index in [-0.39, 0.29) is 42.2 Å². The number of hydrogen-bond donors (Lipinski definition) is 4. The first-order valence-corrected chi connectivity index (χ1v) is 13.5. The topological polar surface area (TPSA) is 151 Å². The normalized spacial score (nSPS) is 12.8. The van der Waals surface area contributed by atoms with E-state index < -0.39 is 17.4 Å². The molecule has 2 aromatic carbocycles. The second kappa shape index (κ2) is 11.2. The van der Waals surface area contributed by atoms with Crippen molar-refractivity contribution in [2.45, 2.75) is 19.9 Å². The van der Waals surface area contributed by atoms with Crippen LogP contribution in [-0.4, -0.2) is 61.3 Å². The minimum absolute atomic E-state index is 0.0260. The number of nitrogens with one attached hydrogen (secondary N) is 2. The van der Waals surface area contributed by atoms with Gasteiger partial charge in [0.1, 0.15) is 5.82 Å². The van der Waals surface area contributed by atoms with Crippen LogP contribution in [0.2, 0.25) is 0 Å². The van der Waals surface area contributed by atoms with E-state index >= 15 is 0 Å². The van der Waals surface area contributed by atoms with E-state index in [2.05, 4.69) is 20.4 Å². The van der Waals surface area contributed by atoms with Crippen molar-refractivity contribution >= 4 is 28.5 Å². The number of pyridine rings is 1. The number of aromatic nitrogens is 4. The summed E-state index contributed by atoms with van der Waals surface area (Å²) < 4.78 is 34.7. The van der Waals surface area contributed by atoms with Gasteiger partial charge in [0.05, 0.1) is 35.9 Å². The fourth-order valence-corrected chi connectivity index (χ4v) is 5.12. The molecule has 0 saturated carbocycles. The number of hydrogen-bond acceptors (Lipinski definition) is 7. The molecule has 0 saturated heterocycles. The Morgan fingerprint density at radius 1 is 1.14 bits per heavy atom. The molecule has 2 amide bonds. The lowest BCUT2D eigenvalue weighted by atomic mass is 9.98. The summed E-state index contributed by atoms with van der Waals surface area (Å²) in [5.74, 6) is -2.57. The molecule has 0 spiro atoms. The fourth-order valence-electron chi connectivity index (χ4n) is 5.12. The number of carbonyl (C=O) groups is 2. The summed E-state index contributed by atoms with van der Waals surface area (Å²) in [4.78, 5) is 34.8. The zero-order valence-corrected chi connectivity index (χ0v) is 23.0. The fraction of sp³-hybridized carbons (Fsp3) is 0.200. The Hall–Kier alpha value is -5.30. The number of ketones is 1. The summed E-state index contributed by atoms with van der Waals surface area (Å²) in [6, 6.07) is 10.4. The average molecular weight is 588 g/mol. The quantitative estimate of drug-likeness (QED) is 0.210. The Bertz CT molecular complexity index is 1860. The van der Waals surface area contributed by atoms with Crippen molar-refractivity contribution in [2.75, 3.05) is 25.4 Å². The molecule has 1 aliphatic heterocycles. The number of carbonyl (C=O) groups excluding carboxylic acids is 2. The van der Waals surface area contributed by atoms with Gasteiger partial charge in [-0.3, -0.25) is 4.79 Å². The molecule has 0 radical (unpaired) electrons. The summed E-state index contributed by atoms with van der Waals surface area (Å²) in [5.41, 5.74) is 10.7. The van der Waals surface area contributed by atoms with Gasteiger partial charge in [0, 0.05) is 36.6 Å². The van der Waals surface area contributed by atoms with Crippen LogP contribution in [0.4, 0.5) is 19.4 Å². The highest BCUT2D eigenvalue weighted by atomic mass is 19.1. The lowest BCUT2D eigenvalue weighted by Gasteiger charge is -2.29. The molecule has 5 N–H and O–H groups in total. The number of benzene rings is 2. The van der Waals surface area contributed by atoms with Crippen molar-refractivity contribution in [3.05, 3.63) is 94.4 Å². The van der Waals surface area contributed by atoms with Crippen LogP contribution in [0.5, 0.6) is 11.6 Å². The van der Waals surface area contributed by atoms with E-state index in [1.54, 1.807) is 17.9 Å². The standard InChI is InChI=1S/C30H27F2N7O4/c1-16-9-26(43-28-21(31)3-2-4-22(28)32)35-14-25(16)39-29(33)20(13-36-39)27(41)24-11-18-10-17-5-7-38(30(42)34-6-8-40)15-19(17)12-23(18)37-24/h2-4,9-14,37,40H,5-8,15,33H2,1H3,(H,34,42). The summed E-state index contributed by atoms with van der Waals surface area (Å²) in [5, 5.41) is 16.8. The van der Waals surface area contributed by atoms with Gasteiger partial charge in [0.2, 0.25) is 17.4 Å². The number of H-pyrrole nitrogens is 1. The Morgan fingerprint density at radius 2 is 1.93 bits per heavy atom. The van der Waals surface area contributed by atoms with Crippen molar-refractivity contribution in [3.8, 4) is 17.3 Å². The number of aliphatic hydroxyl groups is 1. The number of nitrogens with zero attached hydrogens (tertiary/aromatic N) is 4. The third-order valence-electron chi connectivity index (χ3n) is 7.34. The Kier molecular flexibility index (Phi) is 7.24. The van der Waals surface area contributed by atoms with Crippen molar-refractivity contribution in [1.82, 2.24) is 30.0 Å². The highest BCUT2D eigenvalue weighted by Gasteiger charge is 2.24. The minimum Gasteiger partial charge on any atom is -0.433 e. The zero-order valence-electron chi connectivity index (χ0n) is 23.0. The number of halogens is 2. The predicted molar refractivity (Wildman–Crippen MR) is 153 cm³/mol. The van der Waals surface area contributed by atoms with Gasteiger partial charge in [-0.25, -0.2) is 23.2 Å². The molecule has 220 valence electrons. The van der Waals surface area contributed by atoms with Crippen LogP contribution in [0, 0.1) is 18.6 Å². The predicted octanol–water partition coefficient (Wildman–Crippen LogP) is 4.00. The highest BCUT2D eigenvalue weighted by Crippen LogP contribution is 2.30. The number of ether oxygens (including phenoxy) is 1. The van der Waals surface area contributed by atoms with Crippen molar-refractivity contribution < 1.29 is 28.2 Å². The Labute approximate surface area is 243 Å². The van der Waals surface area contributed by atoms with Gasteiger partial charge in [-0.05, 0) is 60.4 Å². The van der Waals surface area contributed by atoms with Crippen molar-refractivity contribution in [2.24, 2.45) is 0 Å². The monoisotopic (exact) mass is 587 g/mol. The molecule has 0 fully saturated rings. The molecule has 0 atom stereocenters. The zero-order chi connectivity index (χ0) is 30.2. The molecule has 4 heterocycles. The number of nitrogen functional groups attached to an aromatic ring is 1. The smallest absolute Gasteiger partial charge is 0.317 e. The maximum atomic E-state index is 14.0. The number of para-hydroxylation sites is 1. The molecule has 6 rings (SSSR count). The molecule has 0 bridgehead atoms. The van der Waals surface area contributed by atoms with Crippen LogP contribution in [0.25, 0.3) is 16.6 Å². The first-order valence-electron chi connectivity index (χ1n) is 13.5. The second-order valence-corrected chi connectivity index (χ2v) is 10.2. The van der Waals surface area contributed by atoms with Gasteiger partial charge in [-0.1, -0.05) is 6.07 Å². The van der Waals surface area contributed by atoms with Gasteiger partial charge in [0.15, 0.2) is 11.6 Å². The van der Waals surface area contributed by atoms with Crippen molar-refractivity contribution in [1.29, 1.82) is 0 Å². The summed E-state index contributed by atoms with van der Waals surface area (Å²) in [6.07, 6.45) is 3.43. The minimum atomic E-state index is -0.858. The summed E-state index contributed by atoms with van der Waals surface area (Å²) in [6.45, 7) is 2.74. The van der Waals surface area contributed by atoms with Crippen LogP contribution in [0.1, 0.15) is 32.7 Å². The van der Waals surface area contributed by atoms with Crippen molar-refractivity contribution in [3.63, 3.8) is 0 Å². The summed E-state index contributed by atoms with van der Waals surface area (Å²) >= 11 is 0. The van der Waals surface area contributed by atoms with Gasteiger partial charge >= 0.3 is 6.03 Å². The van der Waals surface area contributed by atoms with Crippen LogP contribution in [-0.2, 0) is 13.0 Å². The number of aryl methyl sites for hydroxylation is 1. The highest BCUT2D eigenvalue weighted by molar-refractivity contribution is 6.12. The average Bonchev–Trinajstić information content (AvgIpc) is 3.59. The second-order valence-electron chi connectivity index (χ2n) is 10.2. The maximum absolute atomic E-state index is 14.0. The molecule has 5 aromatic rings. The van der Waals surface area contributed by atoms with Crippen LogP contribution < -0.4 is 15.8 Å². The molecular weight excluding hydrogens is 560 g/mol. The number of anilines is 1. The maximum Gasteiger partial charge on any atom is 0.317 e. The number of nitrogens with two attached hydrogens (primary N) is 1. The van der Waals surface area contributed by atoms with Crippen LogP contribution in [0.3, 0.4) is 0 Å². The first-order chi connectivity index (χ1) is 20.7.